The van der Waals surface area contributed by atoms with Gasteiger partial charge < -0.3 is 10.0 Å². The van der Waals surface area contributed by atoms with Gasteiger partial charge in [0, 0.05) is 17.8 Å². The van der Waals surface area contributed by atoms with Crippen molar-refractivity contribution in [2.45, 2.75) is 19.9 Å². The standard InChI is InChI=1S/C11H14ClNO2/c1-7-9(12)5-4-6-10(7)13(3)8(2)11(14)15/h4-6,8H,1-3H3,(H,14,15)/t8-/m1/s1. The SMILES string of the molecule is Cc1c(Cl)cccc1N(C)[C@H](C)C(=O)O. The molecule has 1 N–H and O–H groups in total. The van der Waals surface area contributed by atoms with Crippen LogP contribution in [-0.2, 0) is 4.79 Å². The van der Waals surface area contributed by atoms with Crippen LogP contribution in [0.3, 0.4) is 0 Å². The fourth-order valence-electron chi connectivity index (χ4n) is 1.35. The first-order valence-corrected chi connectivity index (χ1v) is 5.03. The quantitative estimate of drug-likeness (QED) is 0.863. The van der Waals surface area contributed by atoms with E-state index in [-0.39, 0.29) is 0 Å². The van der Waals surface area contributed by atoms with Crippen LogP contribution in [0.2, 0.25) is 5.02 Å². The molecular formula is C11H14ClNO2. The van der Waals surface area contributed by atoms with E-state index in [9.17, 15) is 4.79 Å². The number of nitrogens with zero attached hydrogens (tertiary/aromatic N) is 1. The maximum Gasteiger partial charge on any atom is 0.326 e. The van der Waals surface area contributed by atoms with Crippen LogP contribution >= 0.6 is 11.6 Å². The first-order valence-electron chi connectivity index (χ1n) is 4.66. The van der Waals surface area contributed by atoms with Crippen molar-refractivity contribution in [2.24, 2.45) is 0 Å². The summed E-state index contributed by atoms with van der Waals surface area (Å²) in [5, 5.41) is 9.55. The summed E-state index contributed by atoms with van der Waals surface area (Å²) in [5.74, 6) is -0.850. The Hall–Kier alpha value is -1.22. The smallest absolute Gasteiger partial charge is 0.326 e. The number of benzene rings is 1. The van der Waals surface area contributed by atoms with Gasteiger partial charge in [0.2, 0.25) is 0 Å². The highest BCUT2D eigenvalue weighted by Gasteiger charge is 2.18. The second-order valence-electron chi connectivity index (χ2n) is 3.51. The monoisotopic (exact) mass is 227 g/mol. The Morgan fingerprint density at radius 3 is 2.67 bits per heavy atom. The second-order valence-corrected chi connectivity index (χ2v) is 3.92. The Labute approximate surface area is 94.3 Å². The van der Waals surface area contributed by atoms with Gasteiger partial charge in [0.05, 0.1) is 0 Å². The first kappa shape index (κ1) is 11.9. The molecule has 1 aromatic rings. The molecule has 15 heavy (non-hydrogen) atoms. The van der Waals surface area contributed by atoms with Crippen LogP contribution < -0.4 is 4.90 Å². The van der Waals surface area contributed by atoms with Crippen LogP contribution in [0.1, 0.15) is 12.5 Å². The number of carboxylic acids is 1. The topological polar surface area (TPSA) is 40.5 Å². The van der Waals surface area contributed by atoms with Crippen molar-refractivity contribution in [3.63, 3.8) is 0 Å². The van der Waals surface area contributed by atoms with E-state index in [0.29, 0.717) is 5.02 Å². The van der Waals surface area contributed by atoms with Gasteiger partial charge in [0.1, 0.15) is 6.04 Å². The summed E-state index contributed by atoms with van der Waals surface area (Å²) in [7, 11) is 1.75. The lowest BCUT2D eigenvalue weighted by Gasteiger charge is -2.25. The fraction of sp³-hybridized carbons (Fsp3) is 0.364. The van der Waals surface area contributed by atoms with Crippen molar-refractivity contribution in [3.05, 3.63) is 28.8 Å². The molecule has 1 rings (SSSR count). The van der Waals surface area contributed by atoms with Crippen molar-refractivity contribution in [3.8, 4) is 0 Å². The minimum atomic E-state index is -0.850. The average molecular weight is 228 g/mol. The van der Waals surface area contributed by atoms with E-state index in [2.05, 4.69) is 0 Å². The van der Waals surface area contributed by atoms with Crippen molar-refractivity contribution >= 4 is 23.3 Å². The van der Waals surface area contributed by atoms with Gasteiger partial charge in [0.15, 0.2) is 0 Å². The highest BCUT2D eigenvalue weighted by molar-refractivity contribution is 6.31. The van der Waals surface area contributed by atoms with Crippen LogP contribution in [0.5, 0.6) is 0 Å². The fourth-order valence-corrected chi connectivity index (χ4v) is 1.52. The molecule has 1 atom stereocenters. The molecule has 0 heterocycles. The van der Waals surface area contributed by atoms with E-state index in [4.69, 9.17) is 16.7 Å². The minimum absolute atomic E-state index is 0.567. The molecule has 0 amide bonds. The summed E-state index contributed by atoms with van der Waals surface area (Å²) in [6.45, 7) is 3.52. The molecule has 0 aromatic heterocycles. The highest BCUT2D eigenvalue weighted by atomic mass is 35.5. The molecule has 0 saturated carbocycles. The Morgan fingerprint density at radius 2 is 2.13 bits per heavy atom. The predicted molar refractivity (Wildman–Crippen MR) is 61.7 cm³/mol. The van der Waals surface area contributed by atoms with Crippen LogP contribution in [0.25, 0.3) is 0 Å². The predicted octanol–water partition coefficient (Wildman–Crippen LogP) is 2.56. The zero-order chi connectivity index (χ0) is 11.6. The maximum absolute atomic E-state index is 10.8. The third-order valence-electron chi connectivity index (χ3n) is 2.56. The molecule has 3 nitrogen and oxygen atoms in total. The number of aliphatic carboxylic acids is 1. The lowest BCUT2D eigenvalue weighted by molar-refractivity contribution is -0.138. The number of anilines is 1. The lowest BCUT2D eigenvalue weighted by atomic mass is 10.1. The van der Waals surface area contributed by atoms with E-state index in [0.717, 1.165) is 11.3 Å². The Kier molecular flexibility index (Phi) is 3.58. The van der Waals surface area contributed by atoms with Gasteiger partial charge in [-0.2, -0.15) is 0 Å². The molecule has 0 aliphatic heterocycles. The Bertz CT molecular complexity index is 379. The van der Waals surface area contributed by atoms with E-state index < -0.39 is 12.0 Å². The zero-order valence-electron chi connectivity index (χ0n) is 8.99. The number of hydrogen-bond donors (Lipinski definition) is 1. The largest absolute Gasteiger partial charge is 0.480 e. The summed E-state index contributed by atoms with van der Waals surface area (Å²) >= 11 is 5.97. The number of halogens is 1. The second kappa shape index (κ2) is 4.53. The molecule has 0 aliphatic rings. The van der Waals surface area contributed by atoms with Crippen molar-refractivity contribution in [2.75, 3.05) is 11.9 Å². The minimum Gasteiger partial charge on any atom is -0.480 e. The number of rotatable bonds is 3. The Morgan fingerprint density at radius 1 is 1.53 bits per heavy atom. The van der Waals surface area contributed by atoms with Gasteiger partial charge in [0.25, 0.3) is 0 Å². The summed E-state index contributed by atoms with van der Waals surface area (Å²) in [6, 6.07) is 4.90. The maximum atomic E-state index is 10.8. The normalized spacial score (nSPS) is 12.3. The van der Waals surface area contributed by atoms with Gasteiger partial charge in [-0.25, -0.2) is 4.79 Å². The van der Waals surface area contributed by atoms with Crippen LogP contribution in [0, 0.1) is 6.92 Å². The van der Waals surface area contributed by atoms with Crippen molar-refractivity contribution in [1.29, 1.82) is 0 Å². The summed E-state index contributed by atoms with van der Waals surface area (Å²) in [5.41, 5.74) is 1.74. The van der Waals surface area contributed by atoms with Crippen LogP contribution in [0.15, 0.2) is 18.2 Å². The van der Waals surface area contributed by atoms with E-state index in [1.807, 2.05) is 19.1 Å². The molecular weight excluding hydrogens is 214 g/mol. The molecule has 0 radical (unpaired) electrons. The van der Waals surface area contributed by atoms with Crippen LogP contribution in [-0.4, -0.2) is 24.2 Å². The number of carboxylic acid groups (broad SMARTS) is 1. The third kappa shape index (κ3) is 2.42. The zero-order valence-corrected chi connectivity index (χ0v) is 9.75. The third-order valence-corrected chi connectivity index (χ3v) is 2.97. The summed E-state index contributed by atoms with van der Waals surface area (Å²) in [4.78, 5) is 12.5. The van der Waals surface area contributed by atoms with Crippen molar-refractivity contribution in [1.82, 2.24) is 0 Å². The van der Waals surface area contributed by atoms with Gasteiger partial charge in [-0.15, -0.1) is 0 Å². The van der Waals surface area contributed by atoms with Gasteiger partial charge >= 0.3 is 5.97 Å². The molecule has 0 bridgehead atoms. The molecule has 0 aliphatic carbocycles. The van der Waals surface area contributed by atoms with Crippen LogP contribution in [0.4, 0.5) is 5.69 Å². The molecule has 0 spiro atoms. The molecule has 0 fully saturated rings. The van der Waals surface area contributed by atoms with E-state index in [1.165, 1.54) is 0 Å². The first-order chi connectivity index (χ1) is 6.95. The molecule has 1 aromatic carbocycles. The molecule has 4 heteroatoms. The Balaban J connectivity index is 3.06. The molecule has 0 saturated heterocycles. The van der Waals surface area contributed by atoms with Gasteiger partial charge in [-0.1, -0.05) is 17.7 Å². The highest BCUT2D eigenvalue weighted by Crippen LogP contribution is 2.26. The van der Waals surface area contributed by atoms with E-state index >= 15 is 0 Å². The molecule has 82 valence electrons. The number of carbonyl (C=O) groups is 1. The number of hydrogen-bond acceptors (Lipinski definition) is 2. The van der Waals surface area contributed by atoms with Gasteiger partial charge in [-0.3, -0.25) is 0 Å². The van der Waals surface area contributed by atoms with E-state index in [1.54, 1.807) is 24.9 Å². The van der Waals surface area contributed by atoms with Crippen molar-refractivity contribution < 1.29 is 9.90 Å². The average Bonchev–Trinajstić information content (AvgIpc) is 2.20. The molecule has 0 unspecified atom stereocenters. The summed E-state index contributed by atoms with van der Waals surface area (Å²) in [6.07, 6.45) is 0. The van der Waals surface area contributed by atoms with Gasteiger partial charge in [-0.05, 0) is 31.5 Å². The lowest BCUT2D eigenvalue weighted by Crippen LogP contribution is -2.36. The summed E-state index contributed by atoms with van der Waals surface area (Å²) < 4.78 is 0. The number of likely N-dealkylation sites (N-methyl/N-ethyl adjacent to an activating group) is 1.